The molecule has 1 saturated heterocycles. The van der Waals surface area contributed by atoms with E-state index in [1.54, 1.807) is 36.4 Å². The maximum atomic E-state index is 13.9. The molecule has 11 heteroatoms. The van der Waals surface area contributed by atoms with Crippen molar-refractivity contribution in [1.29, 1.82) is 0 Å². The van der Waals surface area contributed by atoms with Crippen molar-refractivity contribution >= 4 is 29.4 Å². The number of carbonyl (C=O) groups is 4. The minimum absolute atomic E-state index is 0.0654. The SMILES string of the molecule is Cc1ccc(C(=O)N2CCN(C(=O)c3ccc(C(C)(C)C)cc3)C2C(=O)NC(CC(=O)O)c2cccc([N+](=O)[O-])c2)cc1. The quantitative estimate of drug-likeness (QED) is 0.292. The van der Waals surface area contributed by atoms with Gasteiger partial charge in [0.2, 0.25) is 0 Å². The highest BCUT2D eigenvalue weighted by molar-refractivity contribution is 6.02. The number of carboxylic acid groups (broad SMARTS) is 1. The van der Waals surface area contributed by atoms with Crippen LogP contribution in [-0.4, -0.2) is 62.8 Å². The molecule has 224 valence electrons. The van der Waals surface area contributed by atoms with Crippen molar-refractivity contribution in [3.05, 3.63) is 111 Å². The van der Waals surface area contributed by atoms with Crippen molar-refractivity contribution in [2.24, 2.45) is 0 Å². The predicted molar refractivity (Wildman–Crippen MR) is 158 cm³/mol. The number of aliphatic carboxylic acids is 1. The zero-order valence-corrected chi connectivity index (χ0v) is 24.4. The van der Waals surface area contributed by atoms with Crippen molar-refractivity contribution in [2.45, 2.75) is 51.7 Å². The van der Waals surface area contributed by atoms with E-state index in [-0.39, 0.29) is 29.8 Å². The molecule has 0 saturated carbocycles. The number of benzene rings is 3. The lowest BCUT2D eigenvalue weighted by Gasteiger charge is -2.31. The van der Waals surface area contributed by atoms with Gasteiger partial charge in [-0.05, 0) is 47.7 Å². The Bertz CT molecular complexity index is 1550. The van der Waals surface area contributed by atoms with Crippen molar-refractivity contribution in [1.82, 2.24) is 15.1 Å². The van der Waals surface area contributed by atoms with Gasteiger partial charge in [-0.2, -0.15) is 0 Å². The molecule has 0 aliphatic carbocycles. The van der Waals surface area contributed by atoms with Crippen molar-refractivity contribution in [3.8, 4) is 0 Å². The number of non-ortho nitro benzene ring substituents is 1. The predicted octanol–water partition coefficient (Wildman–Crippen LogP) is 4.46. The fraction of sp³-hybridized carbons (Fsp3) is 0.312. The number of nitrogens with one attached hydrogen (secondary N) is 1. The van der Waals surface area contributed by atoms with Gasteiger partial charge in [-0.3, -0.25) is 29.3 Å². The number of nitro groups is 1. The average molecular weight is 587 g/mol. The molecular weight excluding hydrogens is 552 g/mol. The Morgan fingerprint density at radius 2 is 1.47 bits per heavy atom. The Hall–Kier alpha value is -5.06. The molecule has 3 amide bonds. The first kappa shape index (κ1) is 30.9. The van der Waals surface area contributed by atoms with E-state index in [1.165, 1.54) is 34.1 Å². The molecule has 0 spiro atoms. The average Bonchev–Trinajstić information content (AvgIpc) is 3.41. The molecule has 2 atom stereocenters. The third-order valence-corrected chi connectivity index (χ3v) is 7.40. The number of hydrogen-bond donors (Lipinski definition) is 2. The van der Waals surface area contributed by atoms with Crippen LogP contribution in [0.15, 0.2) is 72.8 Å². The molecule has 2 unspecified atom stereocenters. The minimum atomic E-state index is -1.39. The van der Waals surface area contributed by atoms with E-state index < -0.39 is 47.2 Å². The standard InChI is InChI=1S/C32H34N4O7/c1-20-8-10-21(11-9-20)30(40)34-16-17-35(31(41)22-12-14-24(15-13-22)32(2,3)4)29(34)28(39)33-26(19-27(37)38)23-6-5-7-25(18-23)36(42)43/h5-15,18,26,29H,16-17,19H2,1-4H3,(H,33,39)(H,37,38). The summed E-state index contributed by atoms with van der Waals surface area (Å²) in [7, 11) is 0. The molecule has 11 nitrogen and oxygen atoms in total. The second-order valence-electron chi connectivity index (χ2n) is 11.6. The van der Waals surface area contributed by atoms with Crippen LogP contribution in [0.1, 0.15) is 70.6 Å². The molecule has 1 aliphatic rings. The van der Waals surface area contributed by atoms with E-state index in [2.05, 4.69) is 5.32 Å². The third kappa shape index (κ3) is 7.06. The topological polar surface area (TPSA) is 150 Å². The molecule has 43 heavy (non-hydrogen) atoms. The number of nitrogens with zero attached hydrogens (tertiary/aromatic N) is 3. The van der Waals surface area contributed by atoms with Crippen LogP contribution in [0.5, 0.6) is 0 Å². The minimum Gasteiger partial charge on any atom is -0.481 e. The molecule has 1 heterocycles. The van der Waals surface area contributed by atoms with Gasteiger partial charge in [0.05, 0.1) is 17.4 Å². The molecule has 3 aromatic carbocycles. The fourth-order valence-corrected chi connectivity index (χ4v) is 5.01. The summed E-state index contributed by atoms with van der Waals surface area (Å²) in [5, 5.41) is 23.6. The summed E-state index contributed by atoms with van der Waals surface area (Å²) in [6.45, 7) is 8.16. The first-order valence-corrected chi connectivity index (χ1v) is 13.8. The zero-order valence-electron chi connectivity index (χ0n) is 24.4. The molecule has 4 rings (SSSR count). The van der Waals surface area contributed by atoms with Crippen molar-refractivity contribution in [2.75, 3.05) is 13.1 Å². The van der Waals surface area contributed by atoms with Crippen LogP contribution in [-0.2, 0) is 15.0 Å². The largest absolute Gasteiger partial charge is 0.481 e. The van der Waals surface area contributed by atoms with E-state index in [0.717, 1.165) is 11.1 Å². The second kappa shape index (κ2) is 12.4. The van der Waals surface area contributed by atoms with Gasteiger partial charge in [-0.25, -0.2) is 0 Å². The van der Waals surface area contributed by atoms with Gasteiger partial charge in [0, 0.05) is 36.3 Å². The Morgan fingerprint density at radius 1 is 0.930 bits per heavy atom. The highest BCUT2D eigenvalue weighted by atomic mass is 16.6. The summed E-state index contributed by atoms with van der Waals surface area (Å²) in [6.07, 6.45) is -1.97. The van der Waals surface area contributed by atoms with E-state index in [4.69, 9.17) is 0 Å². The molecule has 3 aromatic rings. The molecule has 0 aromatic heterocycles. The summed E-state index contributed by atoms with van der Waals surface area (Å²) in [4.78, 5) is 66.4. The molecule has 0 bridgehead atoms. The van der Waals surface area contributed by atoms with Crippen LogP contribution in [0, 0.1) is 17.0 Å². The Kier molecular flexibility index (Phi) is 8.93. The van der Waals surface area contributed by atoms with Crippen LogP contribution >= 0.6 is 0 Å². The van der Waals surface area contributed by atoms with Crippen LogP contribution in [0.3, 0.4) is 0 Å². The highest BCUT2D eigenvalue weighted by Crippen LogP contribution is 2.27. The van der Waals surface area contributed by atoms with E-state index in [1.807, 2.05) is 39.8 Å². The fourth-order valence-electron chi connectivity index (χ4n) is 5.01. The Labute approximate surface area is 249 Å². The van der Waals surface area contributed by atoms with E-state index in [0.29, 0.717) is 11.1 Å². The summed E-state index contributed by atoms with van der Waals surface area (Å²) >= 11 is 0. The molecule has 1 fully saturated rings. The van der Waals surface area contributed by atoms with Gasteiger partial charge in [0.1, 0.15) is 0 Å². The maximum absolute atomic E-state index is 13.9. The zero-order chi connectivity index (χ0) is 31.5. The van der Waals surface area contributed by atoms with Crippen LogP contribution in [0.4, 0.5) is 5.69 Å². The monoisotopic (exact) mass is 586 g/mol. The summed E-state index contributed by atoms with van der Waals surface area (Å²) < 4.78 is 0. The Morgan fingerprint density at radius 3 is 1.95 bits per heavy atom. The van der Waals surface area contributed by atoms with Gasteiger partial charge in [-0.1, -0.05) is 62.7 Å². The number of hydrogen-bond acceptors (Lipinski definition) is 6. The molecule has 1 aliphatic heterocycles. The number of aryl methyl sites for hydroxylation is 1. The molecule has 0 radical (unpaired) electrons. The highest BCUT2D eigenvalue weighted by Gasteiger charge is 2.44. The van der Waals surface area contributed by atoms with Crippen molar-refractivity contribution in [3.63, 3.8) is 0 Å². The van der Waals surface area contributed by atoms with Gasteiger partial charge < -0.3 is 20.2 Å². The molecule has 2 N–H and O–H groups in total. The lowest BCUT2D eigenvalue weighted by Crippen LogP contribution is -2.54. The lowest BCUT2D eigenvalue weighted by molar-refractivity contribution is -0.384. The smallest absolute Gasteiger partial charge is 0.305 e. The third-order valence-electron chi connectivity index (χ3n) is 7.40. The van der Waals surface area contributed by atoms with Crippen molar-refractivity contribution < 1.29 is 29.2 Å². The normalized spacial score (nSPS) is 15.6. The van der Waals surface area contributed by atoms with Crippen LogP contribution in [0.25, 0.3) is 0 Å². The Balaban J connectivity index is 1.70. The number of carboxylic acids is 1. The number of rotatable bonds is 8. The van der Waals surface area contributed by atoms with Crippen LogP contribution < -0.4 is 5.32 Å². The summed E-state index contributed by atoms with van der Waals surface area (Å²) in [5.74, 6) is -2.97. The van der Waals surface area contributed by atoms with E-state index >= 15 is 0 Å². The van der Waals surface area contributed by atoms with E-state index in [9.17, 15) is 34.4 Å². The first-order chi connectivity index (χ1) is 20.3. The first-order valence-electron chi connectivity index (χ1n) is 13.8. The summed E-state index contributed by atoms with van der Waals surface area (Å²) in [5.41, 5.74) is 2.41. The van der Waals surface area contributed by atoms with Gasteiger partial charge in [-0.15, -0.1) is 0 Å². The molecular formula is C32H34N4O7. The number of nitro benzene ring substituents is 1. The number of carbonyl (C=O) groups excluding carboxylic acids is 3. The van der Waals surface area contributed by atoms with Gasteiger partial charge in [0.15, 0.2) is 6.17 Å². The second-order valence-corrected chi connectivity index (χ2v) is 11.6. The van der Waals surface area contributed by atoms with Gasteiger partial charge in [0.25, 0.3) is 23.4 Å². The van der Waals surface area contributed by atoms with Crippen LogP contribution in [0.2, 0.25) is 0 Å². The lowest BCUT2D eigenvalue weighted by atomic mass is 9.86. The number of amides is 3. The summed E-state index contributed by atoms with van der Waals surface area (Å²) in [6, 6.07) is 18.0. The maximum Gasteiger partial charge on any atom is 0.305 e. The van der Waals surface area contributed by atoms with Gasteiger partial charge >= 0.3 is 5.97 Å².